The van der Waals surface area contributed by atoms with Crippen LogP contribution in [0.3, 0.4) is 0 Å². The van der Waals surface area contributed by atoms with Crippen LogP contribution in [-0.2, 0) is 9.53 Å². The number of nitrogens with zero attached hydrogens (tertiary/aromatic N) is 3. The van der Waals surface area contributed by atoms with Gasteiger partial charge in [-0.2, -0.15) is 4.98 Å². The average Bonchev–Trinajstić information content (AvgIpc) is 2.83. The van der Waals surface area contributed by atoms with E-state index in [1.807, 2.05) is 4.90 Å². The first-order chi connectivity index (χ1) is 9.34. The van der Waals surface area contributed by atoms with Crippen LogP contribution < -0.4 is 4.90 Å². The van der Waals surface area contributed by atoms with E-state index in [1.54, 1.807) is 0 Å². The van der Waals surface area contributed by atoms with Gasteiger partial charge in [-0.3, -0.25) is 4.79 Å². The molecule has 0 radical (unpaired) electrons. The lowest BCUT2D eigenvalue weighted by Crippen LogP contribution is -2.36. The van der Waals surface area contributed by atoms with E-state index in [0.29, 0.717) is 31.5 Å². The van der Waals surface area contributed by atoms with Gasteiger partial charge in [-0.15, -0.1) is 0 Å². The molecule has 0 amide bonds. The van der Waals surface area contributed by atoms with Gasteiger partial charge in [0.05, 0.1) is 19.1 Å². The third-order valence-electron chi connectivity index (χ3n) is 3.83. The lowest BCUT2D eigenvalue weighted by atomic mass is 9.99. The number of hydrogen-bond acceptors (Lipinski definition) is 6. The molecule has 1 aromatic rings. The summed E-state index contributed by atoms with van der Waals surface area (Å²) in [6.07, 6.45) is 4.64. The Kier molecular flexibility index (Phi) is 3.77. The van der Waals surface area contributed by atoms with Gasteiger partial charge in [0.25, 0.3) is 5.95 Å². The Morgan fingerprint density at radius 1 is 1.16 bits per heavy atom. The monoisotopic (exact) mass is 265 g/mol. The van der Waals surface area contributed by atoms with E-state index in [0.717, 1.165) is 38.8 Å². The molecular weight excluding hydrogens is 246 g/mol. The maximum atomic E-state index is 12.0. The second-order valence-electron chi connectivity index (χ2n) is 5.15. The number of Topliss-reactive ketones (excluding diaryl/α,β-unsaturated/α-hetero) is 1. The number of morpholine rings is 1. The number of anilines is 1. The molecule has 2 fully saturated rings. The van der Waals surface area contributed by atoms with Crippen LogP contribution in [0.4, 0.5) is 5.95 Å². The summed E-state index contributed by atoms with van der Waals surface area (Å²) in [5, 5.41) is 4.01. The first-order valence-corrected chi connectivity index (χ1v) is 7.03. The fourth-order valence-electron chi connectivity index (χ4n) is 2.68. The summed E-state index contributed by atoms with van der Waals surface area (Å²) in [4.78, 5) is 18.5. The molecule has 3 rings (SSSR count). The minimum Gasteiger partial charge on any atom is -0.378 e. The average molecular weight is 265 g/mol. The van der Waals surface area contributed by atoms with Crippen LogP contribution in [0.5, 0.6) is 0 Å². The third kappa shape index (κ3) is 2.78. The Morgan fingerprint density at radius 2 is 2.00 bits per heavy atom. The highest BCUT2D eigenvalue weighted by molar-refractivity contribution is 5.84. The first kappa shape index (κ1) is 12.6. The van der Waals surface area contributed by atoms with Crippen molar-refractivity contribution in [1.29, 1.82) is 0 Å². The van der Waals surface area contributed by atoms with Crippen LogP contribution in [-0.4, -0.2) is 42.2 Å². The largest absolute Gasteiger partial charge is 0.378 e. The van der Waals surface area contributed by atoms with Gasteiger partial charge in [0.15, 0.2) is 0 Å². The van der Waals surface area contributed by atoms with Crippen molar-refractivity contribution < 1.29 is 14.1 Å². The quantitative estimate of drug-likeness (QED) is 0.755. The molecule has 19 heavy (non-hydrogen) atoms. The first-order valence-electron chi connectivity index (χ1n) is 7.03. The molecular formula is C13H19N3O3. The molecule has 2 aliphatic rings. The van der Waals surface area contributed by atoms with Gasteiger partial charge < -0.3 is 14.2 Å². The van der Waals surface area contributed by atoms with Crippen molar-refractivity contribution in [1.82, 2.24) is 10.1 Å². The maximum absolute atomic E-state index is 12.0. The summed E-state index contributed by atoms with van der Waals surface area (Å²) in [5.41, 5.74) is 0. The second-order valence-corrected chi connectivity index (χ2v) is 5.15. The van der Waals surface area contributed by atoms with E-state index in [-0.39, 0.29) is 11.7 Å². The van der Waals surface area contributed by atoms with Gasteiger partial charge in [-0.25, -0.2) is 0 Å². The molecule has 1 atom stereocenters. The Bertz CT molecular complexity index is 440. The summed E-state index contributed by atoms with van der Waals surface area (Å²) in [6.45, 7) is 2.92. The smallest absolute Gasteiger partial charge is 0.266 e. The van der Waals surface area contributed by atoms with Crippen molar-refractivity contribution in [2.75, 3.05) is 31.2 Å². The van der Waals surface area contributed by atoms with Gasteiger partial charge in [0, 0.05) is 19.5 Å². The molecule has 1 saturated carbocycles. The van der Waals surface area contributed by atoms with E-state index in [4.69, 9.17) is 9.26 Å². The molecule has 0 N–H and O–H groups in total. The highest BCUT2D eigenvalue weighted by Gasteiger charge is 2.28. The third-order valence-corrected chi connectivity index (χ3v) is 3.83. The Labute approximate surface area is 112 Å². The minimum atomic E-state index is -0.190. The molecule has 0 spiro atoms. The minimum absolute atomic E-state index is 0.190. The number of aromatic nitrogens is 2. The molecule has 6 nitrogen and oxygen atoms in total. The standard InChI is InChI=1S/C13H19N3O3/c17-11-5-3-1-2-4-10(11)12-14-13(15-19-12)16-6-8-18-9-7-16/h10H,1-9H2. The number of ketones is 1. The topological polar surface area (TPSA) is 68.5 Å². The molecule has 6 heteroatoms. The van der Waals surface area contributed by atoms with Crippen molar-refractivity contribution in [3.05, 3.63) is 5.89 Å². The SMILES string of the molecule is O=C1CCCCCC1c1nc(N2CCOCC2)no1. The summed E-state index contributed by atoms with van der Waals surface area (Å²) >= 11 is 0. The Balaban J connectivity index is 1.74. The number of hydrogen-bond donors (Lipinski definition) is 0. The zero-order chi connectivity index (χ0) is 13.1. The maximum Gasteiger partial charge on any atom is 0.266 e. The highest BCUT2D eigenvalue weighted by Crippen LogP contribution is 2.29. The lowest BCUT2D eigenvalue weighted by molar-refractivity contribution is -0.120. The normalized spacial score (nSPS) is 25.4. The van der Waals surface area contributed by atoms with E-state index >= 15 is 0 Å². The molecule has 1 unspecified atom stereocenters. The molecule has 104 valence electrons. The van der Waals surface area contributed by atoms with E-state index in [1.165, 1.54) is 0 Å². The summed E-state index contributed by atoms with van der Waals surface area (Å²) < 4.78 is 10.6. The number of carbonyl (C=O) groups is 1. The predicted molar refractivity (Wildman–Crippen MR) is 68.2 cm³/mol. The zero-order valence-electron chi connectivity index (χ0n) is 11.0. The molecule has 1 aromatic heterocycles. The van der Waals surface area contributed by atoms with Crippen molar-refractivity contribution in [2.24, 2.45) is 0 Å². The molecule has 0 aromatic carbocycles. The molecule has 1 aliphatic carbocycles. The Hall–Kier alpha value is -1.43. The Morgan fingerprint density at radius 3 is 2.84 bits per heavy atom. The van der Waals surface area contributed by atoms with E-state index in [2.05, 4.69) is 10.1 Å². The molecule has 1 saturated heterocycles. The van der Waals surface area contributed by atoms with Gasteiger partial charge in [-0.1, -0.05) is 12.8 Å². The lowest BCUT2D eigenvalue weighted by Gasteiger charge is -2.24. The van der Waals surface area contributed by atoms with Crippen LogP contribution >= 0.6 is 0 Å². The zero-order valence-corrected chi connectivity index (χ0v) is 11.0. The molecule has 0 bridgehead atoms. The van der Waals surface area contributed by atoms with Crippen molar-refractivity contribution in [3.63, 3.8) is 0 Å². The van der Waals surface area contributed by atoms with Crippen molar-refractivity contribution >= 4 is 11.7 Å². The van der Waals surface area contributed by atoms with Gasteiger partial charge in [0.2, 0.25) is 5.89 Å². The highest BCUT2D eigenvalue weighted by atomic mass is 16.5. The summed E-state index contributed by atoms with van der Waals surface area (Å²) in [5.74, 6) is 1.14. The van der Waals surface area contributed by atoms with Crippen LogP contribution in [0.25, 0.3) is 0 Å². The van der Waals surface area contributed by atoms with E-state index in [9.17, 15) is 4.79 Å². The fraction of sp³-hybridized carbons (Fsp3) is 0.769. The van der Waals surface area contributed by atoms with Crippen molar-refractivity contribution in [3.8, 4) is 0 Å². The van der Waals surface area contributed by atoms with Crippen LogP contribution in [0.1, 0.15) is 43.9 Å². The van der Waals surface area contributed by atoms with Gasteiger partial charge >= 0.3 is 0 Å². The summed E-state index contributed by atoms with van der Waals surface area (Å²) in [7, 11) is 0. The number of carbonyl (C=O) groups excluding carboxylic acids is 1. The summed E-state index contributed by atoms with van der Waals surface area (Å²) in [6, 6.07) is 0. The van der Waals surface area contributed by atoms with Crippen molar-refractivity contribution in [2.45, 2.75) is 38.0 Å². The van der Waals surface area contributed by atoms with Crippen LogP contribution in [0.2, 0.25) is 0 Å². The molecule has 1 aliphatic heterocycles. The second kappa shape index (κ2) is 5.69. The predicted octanol–water partition coefficient (Wildman–Crippen LogP) is 1.52. The van der Waals surface area contributed by atoms with Crippen LogP contribution in [0, 0.1) is 0 Å². The number of ether oxygens (including phenoxy) is 1. The van der Waals surface area contributed by atoms with Crippen LogP contribution in [0.15, 0.2) is 4.52 Å². The van der Waals surface area contributed by atoms with Gasteiger partial charge in [0.1, 0.15) is 5.78 Å². The van der Waals surface area contributed by atoms with Gasteiger partial charge in [-0.05, 0) is 18.0 Å². The number of rotatable bonds is 2. The fourth-order valence-corrected chi connectivity index (χ4v) is 2.68. The molecule has 2 heterocycles. The van der Waals surface area contributed by atoms with E-state index < -0.39 is 0 Å².